The molecule has 0 atom stereocenters. The number of hydrogen-bond acceptors (Lipinski definition) is 6. The van der Waals surface area contributed by atoms with E-state index in [0.29, 0.717) is 38.1 Å². The van der Waals surface area contributed by atoms with Crippen LogP contribution in [-0.2, 0) is 0 Å². The number of methoxy groups -OCH3 is 1. The molecule has 0 aliphatic heterocycles. The fraction of sp³-hybridized carbons (Fsp3) is 0.136. The Kier molecular flexibility index (Phi) is 5.61. The first kappa shape index (κ1) is 20.2. The van der Waals surface area contributed by atoms with E-state index in [2.05, 4.69) is 20.5 Å². The van der Waals surface area contributed by atoms with Crippen molar-refractivity contribution in [2.75, 3.05) is 12.5 Å². The Morgan fingerprint density at radius 1 is 0.967 bits per heavy atom. The summed E-state index contributed by atoms with van der Waals surface area (Å²) in [5, 5.41) is 6.65. The molecule has 0 bridgehead atoms. The third-order valence-corrected chi connectivity index (χ3v) is 4.90. The van der Waals surface area contributed by atoms with E-state index >= 15 is 0 Å². The number of ether oxygens (including phenoxy) is 1. The quantitative estimate of drug-likeness (QED) is 0.409. The Hall–Kier alpha value is -3.09. The second kappa shape index (κ2) is 8.34. The number of aromatic nitrogens is 2. The second-order valence-electron chi connectivity index (χ2n) is 6.69. The molecule has 1 N–H and O–H groups in total. The predicted molar refractivity (Wildman–Crippen MR) is 119 cm³/mol. The van der Waals surface area contributed by atoms with Crippen molar-refractivity contribution in [1.82, 2.24) is 9.97 Å². The molecule has 0 saturated carbocycles. The van der Waals surface area contributed by atoms with Gasteiger partial charge in [-0.25, -0.2) is 15.4 Å². The number of rotatable bonds is 4. The smallest absolute Gasteiger partial charge is 0.243 e. The molecular formula is C22H18Cl2N4O2. The van der Waals surface area contributed by atoms with Gasteiger partial charge in [-0.1, -0.05) is 23.2 Å². The van der Waals surface area contributed by atoms with Gasteiger partial charge in [-0.3, -0.25) is 0 Å². The average Bonchev–Trinajstić information content (AvgIpc) is 2.71. The molecule has 30 heavy (non-hydrogen) atoms. The zero-order valence-electron chi connectivity index (χ0n) is 16.5. The number of fused-ring (bicyclic) bond motifs is 1. The summed E-state index contributed by atoms with van der Waals surface area (Å²) < 4.78 is 11.3. The van der Waals surface area contributed by atoms with Crippen LogP contribution in [0, 0.1) is 13.8 Å². The van der Waals surface area contributed by atoms with E-state index in [-0.39, 0.29) is 0 Å². The van der Waals surface area contributed by atoms with Crippen molar-refractivity contribution < 1.29 is 9.15 Å². The number of benzene rings is 2. The fourth-order valence-corrected chi connectivity index (χ4v) is 3.60. The van der Waals surface area contributed by atoms with Crippen molar-refractivity contribution in [3.8, 4) is 17.1 Å². The summed E-state index contributed by atoms with van der Waals surface area (Å²) in [6, 6.07) is 14.6. The van der Waals surface area contributed by atoms with Crippen LogP contribution in [0.5, 0.6) is 5.75 Å². The first-order chi connectivity index (χ1) is 14.4. The molecule has 0 saturated heterocycles. The van der Waals surface area contributed by atoms with Crippen LogP contribution in [0.15, 0.2) is 58.0 Å². The Morgan fingerprint density at radius 3 is 2.33 bits per heavy atom. The lowest BCUT2D eigenvalue weighted by Crippen LogP contribution is -2.09. The van der Waals surface area contributed by atoms with E-state index in [0.717, 1.165) is 22.7 Å². The first-order valence-corrected chi connectivity index (χ1v) is 9.88. The van der Waals surface area contributed by atoms with Crippen molar-refractivity contribution in [3.05, 3.63) is 75.3 Å². The molecule has 4 rings (SSSR count). The summed E-state index contributed by atoms with van der Waals surface area (Å²) in [7, 11) is 1.62. The van der Waals surface area contributed by atoms with Crippen LogP contribution in [0.4, 0.5) is 5.95 Å². The molecule has 4 aromatic rings. The zero-order valence-corrected chi connectivity index (χ0v) is 18.0. The van der Waals surface area contributed by atoms with Crippen LogP contribution in [0.25, 0.3) is 22.3 Å². The van der Waals surface area contributed by atoms with Gasteiger partial charge < -0.3 is 9.15 Å². The molecule has 0 aliphatic carbocycles. The molecule has 0 unspecified atom stereocenters. The second-order valence-corrected chi connectivity index (χ2v) is 7.53. The summed E-state index contributed by atoms with van der Waals surface area (Å²) in [5.41, 5.74) is 5.95. The first-order valence-electron chi connectivity index (χ1n) is 9.12. The molecule has 2 aromatic carbocycles. The van der Waals surface area contributed by atoms with E-state index in [1.165, 1.54) is 0 Å². The van der Waals surface area contributed by atoms with Gasteiger partial charge in [0.1, 0.15) is 11.5 Å². The maximum atomic E-state index is 6.42. The minimum Gasteiger partial charge on any atom is -0.497 e. The summed E-state index contributed by atoms with van der Waals surface area (Å²) in [6.07, 6.45) is 0. The topological polar surface area (TPSA) is 72.5 Å². The highest BCUT2D eigenvalue weighted by molar-refractivity contribution is 6.38. The van der Waals surface area contributed by atoms with E-state index in [1.807, 2.05) is 50.2 Å². The van der Waals surface area contributed by atoms with E-state index < -0.39 is 0 Å². The van der Waals surface area contributed by atoms with E-state index in [9.17, 15) is 0 Å². The fourth-order valence-electron chi connectivity index (χ4n) is 3.07. The van der Waals surface area contributed by atoms with Crippen molar-refractivity contribution in [2.45, 2.75) is 13.8 Å². The van der Waals surface area contributed by atoms with Crippen LogP contribution in [-0.4, -0.2) is 17.1 Å². The van der Waals surface area contributed by atoms with E-state index in [4.69, 9.17) is 32.4 Å². The minimum atomic E-state index is 0.395. The van der Waals surface area contributed by atoms with Gasteiger partial charge in [0.2, 0.25) is 5.95 Å². The number of hydrogen-bond donors (Lipinski definition) is 1. The van der Waals surface area contributed by atoms with Gasteiger partial charge >= 0.3 is 0 Å². The standard InChI is InChI=1S/C22H18Cl2N4O2/c1-12-8-13(2)26-22(25-12)28-27-19-11-20(14-4-6-16(29-3)7-5-14)30-21-17(19)9-15(23)10-18(21)24/h4-11H,1-3H3,(H,25,26,28). The molecule has 0 spiro atoms. The van der Waals surface area contributed by atoms with Gasteiger partial charge in [-0.2, -0.15) is 5.10 Å². The number of nitrogens with one attached hydrogen (secondary N) is 1. The third kappa shape index (κ3) is 4.25. The molecule has 2 heterocycles. The predicted octanol–water partition coefficient (Wildman–Crippen LogP) is 5.75. The number of nitrogens with zero attached hydrogens (tertiary/aromatic N) is 3. The lowest BCUT2D eigenvalue weighted by molar-refractivity contribution is 0.415. The van der Waals surface area contributed by atoms with Crippen molar-refractivity contribution >= 4 is 40.1 Å². The van der Waals surface area contributed by atoms with Gasteiger partial charge in [0.15, 0.2) is 5.58 Å². The van der Waals surface area contributed by atoms with Crippen molar-refractivity contribution in [1.29, 1.82) is 0 Å². The molecule has 8 heteroatoms. The van der Waals surface area contributed by atoms with Crippen LogP contribution in [0.1, 0.15) is 11.4 Å². The van der Waals surface area contributed by atoms with Gasteiger partial charge in [-0.15, -0.1) is 0 Å². The molecule has 2 aromatic heterocycles. The lowest BCUT2D eigenvalue weighted by Gasteiger charge is -2.08. The summed E-state index contributed by atoms with van der Waals surface area (Å²) in [6.45, 7) is 3.80. The Balaban J connectivity index is 1.89. The molecule has 0 amide bonds. The highest BCUT2D eigenvalue weighted by Crippen LogP contribution is 2.30. The lowest BCUT2D eigenvalue weighted by atomic mass is 10.1. The monoisotopic (exact) mass is 440 g/mol. The van der Waals surface area contributed by atoms with Crippen LogP contribution >= 0.6 is 23.2 Å². The minimum absolute atomic E-state index is 0.395. The molecule has 0 radical (unpaired) electrons. The average molecular weight is 441 g/mol. The van der Waals surface area contributed by atoms with Crippen molar-refractivity contribution in [2.24, 2.45) is 5.10 Å². The largest absolute Gasteiger partial charge is 0.497 e. The van der Waals surface area contributed by atoms with Crippen LogP contribution < -0.4 is 15.5 Å². The normalized spacial score (nSPS) is 11.7. The maximum Gasteiger partial charge on any atom is 0.243 e. The summed E-state index contributed by atoms with van der Waals surface area (Å²) in [5.74, 6) is 1.75. The molecule has 6 nitrogen and oxygen atoms in total. The number of halogens is 2. The molecule has 0 fully saturated rings. The summed E-state index contributed by atoms with van der Waals surface area (Å²) in [4.78, 5) is 8.72. The highest BCUT2D eigenvalue weighted by Gasteiger charge is 2.11. The zero-order chi connectivity index (χ0) is 21.3. The van der Waals surface area contributed by atoms with Gasteiger partial charge in [0.25, 0.3) is 0 Å². The van der Waals surface area contributed by atoms with E-state index in [1.54, 1.807) is 19.2 Å². The Morgan fingerprint density at radius 2 is 1.67 bits per heavy atom. The van der Waals surface area contributed by atoms with Crippen LogP contribution in [0.2, 0.25) is 10.0 Å². The Labute approximate surface area is 183 Å². The molecule has 152 valence electrons. The summed E-state index contributed by atoms with van der Waals surface area (Å²) >= 11 is 12.6. The number of aryl methyl sites for hydroxylation is 2. The highest BCUT2D eigenvalue weighted by atomic mass is 35.5. The third-order valence-electron chi connectivity index (χ3n) is 4.40. The van der Waals surface area contributed by atoms with Gasteiger partial charge in [-0.05, 0) is 56.3 Å². The SMILES string of the molecule is COc1ccc(-c2cc(=NNc3nc(C)cc(C)n3)c3cc(Cl)cc(Cl)c3o2)cc1. The van der Waals surface area contributed by atoms with Gasteiger partial charge in [0, 0.05) is 33.4 Å². The molecular weight excluding hydrogens is 423 g/mol. The van der Waals surface area contributed by atoms with Gasteiger partial charge in [0.05, 0.1) is 17.5 Å². The Bertz CT molecular complexity index is 1280. The van der Waals surface area contributed by atoms with Crippen molar-refractivity contribution in [3.63, 3.8) is 0 Å². The van der Waals surface area contributed by atoms with Crippen LogP contribution in [0.3, 0.4) is 0 Å². The number of anilines is 1. The maximum absolute atomic E-state index is 6.42. The molecule has 0 aliphatic rings.